The van der Waals surface area contributed by atoms with Gasteiger partial charge in [-0.3, -0.25) is 9.59 Å². The summed E-state index contributed by atoms with van der Waals surface area (Å²) in [5.74, 6) is -0.633. The van der Waals surface area contributed by atoms with Crippen LogP contribution in [0, 0.1) is 6.92 Å². The number of para-hydroxylation sites is 1. The van der Waals surface area contributed by atoms with Crippen molar-refractivity contribution in [2.45, 2.75) is 6.92 Å². The first-order chi connectivity index (χ1) is 14.0. The van der Waals surface area contributed by atoms with Crippen molar-refractivity contribution in [3.63, 3.8) is 0 Å². The van der Waals surface area contributed by atoms with Crippen molar-refractivity contribution >= 4 is 56.2 Å². The molecule has 0 aliphatic rings. The van der Waals surface area contributed by atoms with E-state index < -0.39 is 0 Å². The van der Waals surface area contributed by atoms with E-state index in [1.807, 2.05) is 67.6 Å². The SMILES string of the molecule is Cc1ccc(NC(=O)c2sc3ccccc3c2Cl)c(C(=O)Nc2ccccc2)c1. The van der Waals surface area contributed by atoms with Gasteiger partial charge in [-0.25, -0.2) is 0 Å². The van der Waals surface area contributed by atoms with Gasteiger partial charge >= 0.3 is 0 Å². The van der Waals surface area contributed by atoms with Crippen LogP contribution in [0.15, 0.2) is 72.8 Å². The van der Waals surface area contributed by atoms with E-state index in [1.165, 1.54) is 11.3 Å². The Bertz CT molecular complexity index is 1220. The summed E-state index contributed by atoms with van der Waals surface area (Å²) in [6.45, 7) is 1.90. The Hall–Kier alpha value is -3.15. The smallest absolute Gasteiger partial charge is 0.267 e. The first-order valence-corrected chi connectivity index (χ1v) is 10.2. The highest BCUT2D eigenvalue weighted by Gasteiger charge is 2.20. The monoisotopic (exact) mass is 420 g/mol. The van der Waals surface area contributed by atoms with Gasteiger partial charge in [0.15, 0.2) is 0 Å². The Morgan fingerprint density at radius 2 is 1.59 bits per heavy atom. The third kappa shape index (κ3) is 4.01. The molecule has 0 aliphatic heterocycles. The van der Waals surface area contributed by atoms with Gasteiger partial charge in [0.2, 0.25) is 0 Å². The molecule has 4 rings (SSSR count). The minimum absolute atomic E-state index is 0.294. The zero-order valence-corrected chi connectivity index (χ0v) is 17.1. The number of hydrogen-bond acceptors (Lipinski definition) is 3. The predicted molar refractivity (Wildman–Crippen MR) is 120 cm³/mol. The van der Waals surface area contributed by atoms with Crippen LogP contribution in [0.2, 0.25) is 5.02 Å². The molecule has 0 radical (unpaired) electrons. The number of carbonyl (C=O) groups is 2. The van der Waals surface area contributed by atoms with Crippen molar-refractivity contribution in [2.75, 3.05) is 10.6 Å². The molecule has 2 amide bonds. The zero-order chi connectivity index (χ0) is 20.4. The van der Waals surface area contributed by atoms with E-state index in [1.54, 1.807) is 12.1 Å². The number of benzene rings is 3. The summed E-state index contributed by atoms with van der Waals surface area (Å²) in [7, 11) is 0. The first-order valence-electron chi connectivity index (χ1n) is 8.98. The topological polar surface area (TPSA) is 58.2 Å². The van der Waals surface area contributed by atoms with Gasteiger partial charge in [-0.05, 0) is 37.3 Å². The molecule has 6 heteroatoms. The maximum absolute atomic E-state index is 12.9. The maximum Gasteiger partial charge on any atom is 0.267 e. The van der Waals surface area contributed by atoms with Gasteiger partial charge in [-0.15, -0.1) is 11.3 Å². The van der Waals surface area contributed by atoms with Gasteiger partial charge in [0.1, 0.15) is 4.88 Å². The molecule has 4 aromatic rings. The van der Waals surface area contributed by atoms with Gasteiger partial charge in [-0.1, -0.05) is 59.6 Å². The van der Waals surface area contributed by atoms with Crippen molar-refractivity contribution < 1.29 is 9.59 Å². The van der Waals surface area contributed by atoms with E-state index in [4.69, 9.17) is 11.6 Å². The van der Waals surface area contributed by atoms with Crippen LogP contribution in [0.25, 0.3) is 10.1 Å². The van der Waals surface area contributed by atoms with E-state index in [9.17, 15) is 9.59 Å². The van der Waals surface area contributed by atoms with Crippen molar-refractivity contribution in [1.82, 2.24) is 0 Å². The van der Waals surface area contributed by atoms with Crippen molar-refractivity contribution in [1.29, 1.82) is 0 Å². The molecule has 0 spiro atoms. The van der Waals surface area contributed by atoms with Gasteiger partial charge in [-0.2, -0.15) is 0 Å². The second-order valence-corrected chi connectivity index (χ2v) is 7.99. The predicted octanol–water partition coefficient (Wildman–Crippen LogP) is 6.37. The molecule has 0 saturated carbocycles. The summed E-state index contributed by atoms with van der Waals surface area (Å²) in [6.07, 6.45) is 0. The molecule has 0 saturated heterocycles. The Labute approximate surface area is 177 Å². The van der Waals surface area contributed by atoms with Crippen LogP contribution in [0.3, 0.4) is 0 Å². The van der Waals surface area contributed by atoms with E-state index in [0.29, 0.717) is 26.8 Å². The molecular weight excluding hydrogens is 404 g/mol. The Morgan fingerprint density at radius 1 is 0.862 bits per heavy atom. The van der Waals surface area contributed by atoms with Gasteiger partial charge < -0.3 is 10.6 Å². The fourth-order valence-electron chi connectivity index (χ4n) is 3.01. The van der Waals surface area contributed by atoms with Gasteiger partial charge in [0.05, 0.1) is 16.3 Å². The van der Waals surface area contributed by atoms with E-state index in [2.05, 4.69) is 10.6 Å². The number of fused-ring (bicyclic) bond motifs is 1. The molecule has 1 heterocycles. The minimum atomic E-state index is -0.339. The molecule has 2 N–H and O–H groups in total. The number of carbonyl (C=O) groups excluding carboxylic acids is 2. The lowest BCUT2D eigenvalue weighted by Gasteiger charge is -2.12. The highest BCUT2D eigenvalue weighted by atomic mass is 35.5. The van der Waals surface area contributed by atoms with Crippen LogP contribution in [-0.4, -0.2) is 11.8 Å². The first kappa shape index (κ1) is 19.2. The molecule has 4 nitrogen and oxygen atoms in total. The number of aryl methyl sites for hydroxylation is 1. The van der Waals surface area contributed by atoms with Crippen LogP contribution < -0.4 is 10.6 Å². The second-order valence-electron chi connectivity index (χ2n) is 6.56. The van der Waals surface area contributed by atoms with E-state index in [-0.39, 0.29) is 11.8 Å². The summed E-state index contributed by atoms with van der Waals surface area (Å²) in [4.78, 5) is 26.2. The third-order valence-electron chi connectivity index (χ3n) is 4.44. The highest BCUT2D eigenvalue weighted by Crippen LogP contribution is 2.35. The van der Waals surface area contributed by atoms with Crippen molar-refractivity contribution in [2.24, 2.45) is 0 Å². The van der Waals surface area contributed by atoms with Crippen LogP contribution in [0.5, 0.6) is 0 Å². The average Bonchev–Trinajstić information content (AvgIpc) is 3.07. The maximum atomic E-state index is 12.9. The summed E-state index contributed by atoms with van der Waals surface area (Å²) < 4.78 is 0.939. The fraction of sp³-hybridized carbons (Fsp3) is 0.0435. The van der Waals surface area contributed by atoms with Crippen molar-refractivity contribution in [3.8, 4) is 0 Å². The zero-order valence-electron chi connectivity index (χ0n) is 15.5. The Morgan fingerprint density at radius 3 is 2.34 bits per heavy atom. The van der Waals surface area contributed by atoms with Crippen LogP contribution in [0.1, 0.15) is 25.6 Å². The summed E-state index contributed by atoms with van der Waals surface area (Å²) in [6, 6.07) is 22.1. The van der Waals surface area contributed by atoms with Gasteiger partial charge in [0.25, 0.3) is 11.8 Å². The molecule has 1 aromatic heterocycles. The van der Waals surface area contributed by atoms with Crippen LogP contribution in [0.4, 0.5) is 11.4 Å². The quantitative estimate of drug-likeness (QED) is 0.403. The molecular formula is C23H17ClN2O2S. The molecule has 144 valence electrons. The third-order valence-corrected chi connectivity index (χ3v) is 6.11. The van der Waals surface area contributed by atoms with E-state index >= 15 is 0 Å². The number of hydrogen-bond donors (Lipinski definition) is 2. The fourth-order valence-corrected chi connectivity index (χ4v) is 4.43. The number of rotatable bonds is 4. The molecule has 3 aromatic carbocycles. The Kier molecular flexibility index (Phi) is 5.34. The normalized spacial score (nSPS) is 10.7. The molecule has 0 unspecified atom stereocenters. The largest absolute Gasteiger partial charge is 0.322 e. The van der Waals surface area contributed by atoms with E-state index in [0.717, 1.165) is 15.6 Å². The standard InChI is InChI=1S/C23H17ClN2O2S/c1-14-11-12-18(17(13-14)22(27)25-15-7-3-2-4-8-15)26-23(28)21-20(24)16-9-5-6-10-19(16)29-21/h2-13H,1H3,(H,25,27)(H,26,28). The summed E-state index contributed by atoms with van der Waals surface area (Å²) in [5, 5.41) is 6.97. The second kappa shape index (κ2) is 8.07. The number of thiophene rings is 1. The minimum Gasteiger partial charge on any atom is -0.322 e. The van der Waals surface area contributed by atoms with Crippen LogP contribution >= 0.6 is 22.9 Å². The average molecular weight is 421 g/mol. The summed E-state index contributed by atoms with van der Waals surface area (Å²) >= 11 is 7.75. The highest BCUT2D eigenvalue weighted by molar-refractivity contribution is 7.21. The molecule has 0 bridgehead atoms. The number of halogens is 1. The van der Waals surface area contributed by atoms with Gasteiger partial charge in [0, 0.05) is 15.8 Å². The molecule has 0 atom stereocenters. The molecule has 29 heavy (non-hydrogen) atoms. The lowest BCUT2D eigenvalue weighted by atomic mass is 10.1. The number of nitrogens with one attached hydrogen (secondary N) is 2. The van der Waals surface area contributed by atoms with Crippen molar-refractivity contribution in [3.05, 3.63) is 93.8 Å². The lowest BCUT2D eigenvalue weighted by Crippen LogP contribution is -2.18. The Balaban J connectivity index is 1.64. The molecule has 0 fully saturated rings. The number of anilines is 2. The summed E-state index contributed by atoms with van der Waals surface area (Å²) in [5.41, 5.74) is 2.42. The molecule has 0 aliphatic carbocycles. The number of amides is 2. The lowest BCUT2D eigenvalue weighted by molar-refractivity contribution is 0.102. The van der Waals surface area contributed by atoms with Crippen LogP contribution in [-0.2, 0) is 0 Å².